The highest BCUT2D eigenvalue weighted by atomic mass is 32.2. The van der Waals surface area contributed by atoms with Crippen LogP contribution in [0.1, 0.15) is 19.6 Å². The predicted octanol–water partition coefficient (Wildman–Crippen LogP) is 4.87. The molecule has 0 fully saturated rings. The summed E-state index contributed by atoms with van der Waals surface area (Å²) < 4.78 is 16.1. The first-order chi connectivity index (χ1) is 15.4. The highest BCUT2D eigenvalue weighted by molar-refractivity contribution is 8.01. The van der Waals surface area contributed by atoms with Crippen molar-refractivity contribution in [2.24, 2.45) is 0 Å². The van der Waals surface area contributed by atoms with Crippen LogP contribution >= 0.6 is 11.8 Å². The number of carbonyl (C=O) groups is 2. The molecule has 0 bridgehead atoms. The minimum Gasteiger partial charge on any atom is -0.494 e. The summed E-state index contributed by atoms with van der Waals surface area (Å²) in [6.07, 6.45) is 0. The number of hydrogen-bond donors (Lipinski definition) is 2. The number of nitrogens with zero attached hydrogens (tertiary/aromatic N) is 1. The van der Waals surface area contributed by atoms with Gasteiger partial charge < -0.3 is 24.6 Å². The minimum atomic E-state index is -0.428. The van der Waals surface area contributed by atoms with E-state index < -0.39 is 5.25 Å². The summed E-state index contributed by atoms with van der Waals surface area (Å²) in [6.45, 7) is 6.01. The van der Waals surface area contributed by atoms with Crippen molar-refractivity contribution < 1.29 is 23.6 Å². The first kappa shape index (κ1) is 23.2. The van der Waals surface area contributed by atoms with Gasteiger partial charge in [0, 0.05) is 11.8 Å². The molecule has 1 atom stereocenters. The Balaban J connectivity index is 1.43. The number of rotatable bonds is 10. The molecule has 2 N–H and O–H groups in total. The molecule has 1 heterocycles. The van der Waals surface area contributed by atoms with Crippen molar-refractivity contribution in [2.45, 2.75) is 26.0 Å². The van der Waals surface area contributed by atoms with Crippen LogP contribution in [-0.4, -0.2) is 34.6 Å². The fraction of sp³-hybridized carbons (Fsp3) is 0.261. The SMILES string of the molecule is CCOc1ccc(Oc2ccc(NC(=O)CSC(C)C(=O)Nc3cc(C)on3)cc2)cc1. The van der Waals surface area contributed by atoms with Crippen LogP contribution in [0.2, 0.25) is 0 Å². The highest BCUT2D eigenvalue weighted by Gasteiger charge is 2.17. The zero-order valence-electron chi connectivity index (χ0n) is 18.1. The Morgan fingerprint density at radius 2 is 1.66 bits per heavy atom. The Morgan fingerprint density at radius 1 is 1.03 bits per heavy atom. The zero-order valence-corrected chi connectivity index (χ0v) is 18.9. The van der Waals surface area contributed by atoms with Gasteiger partial charge in [0.05, 0.1) is 17.6 Å². The minimum absolute atomic E-state index is 0.136. The number of amides is 2. The lowest BCUT2D eigenvalue weighted by Gasteiger charge is -2.11. The van der Waals surface area contributed by atoms with Crippen molar-refractivity contribution in [3.8, 4) is 17.2 Å². The summed E-state index contributed by atoms with van der Waals surface area (Å²) in [4.78, 5) is 24.4. The molecule has 168 valence electrons. The Bertz CT molecular complexity index is 1030. The maximum absolute atomic E-state index is 12.2. The standard InChI is InChI=1S/C23H25N3O5S/c1-4-29-18-9-11-20(12-10-18)30-19-7-5-17(6-8-19)24-22(27)14-32-16(3)23(28)25-21-13-15(2)31-26-21/h5-13,16H,4,14H2,1-3H3,(H,24,27)(H,25,26,28). The maximum Gasteiger partial charge on any atom is 0.238 e. The molecule has 1 unspecified atom stereocenters. The number of aromatic nitrogens is 1. The van der Waals surface area contributed by atoms with Crippen molar-refractivity contribution in [3.05, 3.63) is 60.4 Å². The van der Waals surface area contributed by atoms with E-state index in [9.17, 15) is 9.59 Å². The number of benzene rings is 2. The largest absolute Gasteiger partial charge is 0.494 e. The molecule has 0 saturated heterocycles. The Labute approximate surface area is 190 Å². The lowest BCUT2D eigenvalue weighted by atomic mass is 10.3. The van der Waals surface area contributed by atoms with Crippen LogP contribution in [0.5, 0.6) is 17.2 Å². The van der Waals surface area contributed by atoms with E-state index in [1.165, 1.54) is 11.8 Å². The van der Waals surface area contributed by atoms with Crippen molar-refractivity contribution in [1.29, 1.82) is 0 Å². The van der Waals surface area contributed by atoms with Crippen LogP contribution in [-0.2, 0) is 9.59 Å². The van der Waals surface area contributed by atoms with Crippen LogP contribution in [0.3, 0.4) is 0 Å². The van der Waals surface area contributed by atoms with E-state index in [1.807, 2.05) is 31.2 Å². The number of hydrogen-bond acceptors (Lipinski definition) is 7. The van der Waals surface area contributed by atoms with Crippen LogP contribution in [0.4, 0.5) is 11.5 Å². The summed E-state index contributed by atoms with van der Waals surface area (Å²) in [5, 5.41) is 8.76. The Hall–Kier alpha value is -3.46. The number of ether oxygens (including phenoxy) is 2. The monoisotopic (exact) mass is 455 g/mol. The van der Waals surface area contributed by atoms with Crippen LogP contribution in [0.25, 0.3) is 0 Å². The molecule has 2 amide bonds. The Morgan fingerprint density at radius 3 is 2.25 bits per heavy atom. The van der Waals surface area contributed by atoms with E-state index in [0.717, 1.165) is 5.75 Å². The summed E-state index contributed by atoms with van der Waals surface area (Å²) in [5.41, 5.74) is 0.643. The van der Waals surface area contributed by atoms with Gasteiger partial charge in [-0.3, -0.25) is 9.59 Å². The molecule has 1 aromatic heterocycles. The average molecular weight is 456 g/mol. The van der Waals surface area contributed by atoms with Crippen molar-refractivity contribution in [1.82, 2.24) is 5.16 Å². The molecule has 0 radical (unpaired) electrons. The normalized spacial score (nSPS) is 11.5. The molecule has 9 heteroatoms. The van der Waals surface area contributed by atoms with Gasteiger partial charge in [-0.15, -0.1) is 11.8 Å². The number of nitrogens with one attached hydrogen (secondary N) is 2. The lowest BCUT2D eigenvalue weighted by Crippen LogP contribution is -2.25. The Kier molecular flexibility index (Phi) is 8.15. The third-order valence-electron chi connectivity index (χ3n) is 4.22. The van der Waals surface area contributed by atoms with E-state index in [1.54, 1.807) is 44.2 Å². The topological polar surface area (TPSA) is 103 Å². The second kappa shape index (κ2) is 11.2. The van der Waals surface area contributed by atoms with E-state index >= 15 is 0 Å². The smallest absolute Gasteiger partial charge is 0.238 e. The maximum atomic E-state index is 12.2. The lowest BCUT2D eigenvalue weighted by molar-refractivity contribution is -0.115. The van der Waals surface area contributed by atoms with E-state index in [4.69, 9.17) is 14.0 Å². The molecule has 2 aromatic carbocycles. The van der Waals surface area contributed by atoms with Gasteiger partial charge in [-0.1, -0.05) is 5.16 Å². The second-order valence-electron chi connectivity index (χ2n) is 6.84. The molecule has 0 aliphatic heterocycles. The van der Waals surface area contributed by atoms with Crippen LogP contribution < -0.4 is 20.1 Å². The summed E-state index contributed by atoms with van der Waals surface area (Å²) in [6, 6.07) is 16.1. The van der Waals surface area contributed by atoms with Gasteiger partial charge in [0.15, 0.2) is 5.82 Å². The van der Waals surface area contributed by atoms with Crippen molar-refractivity contribution in [2.75, 3.05) is 23.0 Å². The molecule has 3 aromatic rings. The number of aryl methyl sites for hydroxylation is 1. The van der Waals surface area contributed by atoms with Gasteiger partial charge in [0.1, 0.15) is 23.0 Å². The van der Waals surface area contributed by atoms with Gasteiger partial charge in [-0.25, -0.2) is 0 Å². The third kappa shape index (κ3) is 7.05. The van der Waals surface area contributed by atoms with Gasteiger partial charge in [0.25, 0.3) is 0 Å². The molecule has 3 rings (SSSR count). The highest BCUT2D eigenvalue weighted by Crippen LogP contribution is 2.25. The zero-order chi connectivity index (χ0) is 22.9. The fourth-order valence-corrected chi connectivity index (χ4v) is 3.32. The van der Waals surface area contributed by atoms with Crippen LogP contribution in [0, 0.1) is 6.92 Å². The molecule has 0 aliphatic carbocycles. The van der Waals surface area contributed by atoms with Gasteiger partial charge >= 0.3 is 0 Å². The summed E-state index contributed by atoms with van der Waals surface area (Å²) in [7, 11) is 0. The summed E-state index contributed by atoms with van der Waals surface area (Å²) in [5.74, 6) is 2.78. The second-order valence-corrected chi connectivity index (χ2v) is 8.17. The van der Waals surface area contributed by atoms with Gasteiger partial charge in [-0.05, 0) is 69.3 Å². The fourth-order valence-electron chi connectivity index (χ4n) is 2.64. The quantitative estimate of drug-likeness (QED) is 0.449. The summed E-state index contributed by atoms with van der Waals surface area (Å²) >= 11 is 1.23. The van der Waals surface area contributed by atoms with E-state index in [-0.39, 0.29) is 17.6 Å². The molecule has 0 saturated carbocycles. The first-order valence-corrected chi connectivity index (χ1v) is 11.1. The molecule has 0 spiro atoms. The predicted molar refractivity (Wildman–Crippen MR) is 125 cm³/mol. The molecule has 32 heavy (non-hydrogen) atoms. The van der Waals surface area contributed by atoms with Gasteiger partial charge in [-0.2, -0.15) is 0 Å². The average Bonchev–Trinajstić information content (AvgIpc) is 3.19. The molecule has 0 aliphatic rings. The van der Waals surface area contributed by atoms with Crippen LogP contribution in [0.15, 0.2) is 59.1 Å². The van der Waals surface area contributed by atoms with Crippen molar-refractivity contribution in [3.63, 3.8) is 0 Å². The number of anilines is 2. The third-order valence-corrected chi connectivity index (χ3v) is 5.36. The van der Waals surface area contributed by atoms with Gasteiger partial charge in [0.2, 0.25) is 11.8 Å². The van der Waals surface area contributed by atoms with E-state index in [2.05, 4.69) is 15.8 Å². The number of carbonyl (C=O) groups excluding carboxylic acids is 2. The molecular formula is C23H25N3O5S. The van der Waals surface area contributed by atoms with E-state index in [0.29, 0.717) is 35.4 Å². The number of thioether (sulfide) groups is 1. The molecule has 8 nitrogen and oxygen atoms in total. The first-order valence-electron chi connectivity index (χ1n) is 10.1. The van der Waals surface area contributed by atoms with Crippen molar-refractivity contribution >= 4 is 35.1 Å². The molecular weight excluding hydrogens is 430 g/mol.